The molecular weight excluding hydrogens is 224 g/mol. The van der Waals surface area contributed by atoms with Crippen LogP contribution >= 0.6 is 0 Å². The van der Waals surface area contributed by atoms with E-state index >= 15 is 0 Å². The minimum Gasteiger partial charge on any atom is -0.496 e. The summed E-state index contributed by atoms with van der Waals surface area (Å²) >= 11 is 0. The number of hydrogen-bond acceptors (Lipinski definition) is 4. The van der Waals surface area contributed by atoms with Gasteiger partial charge in [-0.1, -0.05) is 0 Å². The van der Waals surface area contributed by atoms with Crippen molar-refractivity contribution in [3.05, 3.63) is 17.7 Å². The fraction of sp³-hybridized carbons (Fsp3) is 0.417. The third-order valence-electron chi connectivity index (χ3n) is 2.84. The predicted molar refractivity (Wildman–Crippen MR) is 59.9 cm³/mol. The molecule has 1 atom stereocenters. The Bertz CT molecular complexity index is 424. The number of aliphatic carboxylic acids is 1. The third kappa shape index (κ3) is 2.13. The summed E-state index contributed by atoms with van der Waals surface area (Å²) in [6.07, 6.45) is 0.415. The van der Waals surface area contributed by atoms with Gasteiger partial charge in [-0.25, -0.2) is 0 Å². The Morgan fingerprint density at radius 3 is 2.76 bits per heavy atom. The highest BCUT2D eigenvalue weighted by atomic mass is 16.5. The van der Waals surface area contributed by atoms with Gasteiger partial charge in [-0.05, 0) is 6.42 Å². The van der Waals surface area contributed by atoms with Gasteiger partial charge in [0.25, 0.3) is 0 Å². The number of methoxy groups -OCH3 is 2. The lowest BCUT2D eigenvalue weighted by Gasteiger charge is -2.24. The Kier molecular flexibility index (Phi) is 3.08. The van der Waals surface area contributed by atoms with Crippen LogP contribution in [0.2, 0.25) is 0 Å². The molecule has 0 radical (unpaired) electrons. The van der Waals surface area contributed by atoms with Crippen molar-refractivity contribution in [3.63, 3.8) is 0 Å². The van der Waals surface area contributed by atoms with Crippen LogP contribution in [0.1, 0.15) is 5.56 Å². The molecule has 92 valence electrons. The molecule has 5 nitrogen and oxygen atoms in total. The quantitative estimate of drug-likeness (QED) is 0.860. The first-order valence-corrected chi connectivity index (χ1v) is 5.26. The minimum atomic E-state index is -0.853. The smallest absolute Gasteiger partial charge is 0.310 e. The van der Waals surface area contributed by atoms with Gasteiger partial charge >= 0.3 is 5.97 Å². The van der Waals surface area contributed by atoms with Crippen LogP contribution in [-0.2, 0) is 11.2 Å². The molecule has 1 aromatic rings. The zero-order valence-corrected chi connectivity index (χ0v) is 9.73. The number of carbonyl (C=O) groups is 1. The maximum atomic E-state index is 10.9. The van der Waals surface area contributed by atoms with Crippen LogP contribution in [0.5, 0.6) is 17.2 Å². The Morgan fingerprint density at radius 1 is 1.41 bits per heavy atom. The average molecular weight is 238 g/mol. The first-order valence-electron chi connectivity index (χ1n) is 5.26. The SMILES string of the molecule is COc1cc(OC)c2c(c1)OCC(C(=O)O)C2. The van der Waals surface area contributed by atoms with Crippen molar-refractivity contribution in [2.45, 2.75) is 6.42 Å². The van der Waals surface area contributed by atoms with Gasteiger partial charge in [0, 0.05) is 17.7 Å². The molecule has 1 aromatic carbocycles. The van der Waals surface area contributed by atoms with E-state index < -0.39 is 11.9 Å². The normalized spacial score (nSPS) is 17.9. The molecule has 1 unspecified atom stereocenters. The summed E-state index contributed by atoms with van der Waals surface area (Å²) in [7, 11) is 3.10. The van der Waals surface area contributed by atoms with Gasteiger partial charge in [0.1, 0.15) is 23.9 Å². The molecule has 0 aliphatic carbocycles. The largest absolute Gasteiger partial charge is 0.496 e. The van der Waals surface area contributed by atoms with E-state index in [9.17, 15) is 4.79 Å². The van der Waals surface area contributed by atoms with Crippen molar-refractivity contribution in [2.24, 2.45) is 5.92 Å². The van der Waals surface area contributed by atoms with Gasteiger partial charge in [-0.15, -0.1) is 0 Å². The predicted octanol–water partition coefficient (Wildman–Crippen LogP) is 1.34. The Labute approximate surface area is 98.9 Å². The first kappa shape index (κ1) is 11.6. The van der Waals surface area contributed by atoms with Gasteiger partial charge < -0.3 is 19.3 Å². The van der Waals surface area contributed by atoms with Gasteiger partial charge in [0.2, 0.25) is 0 Å². The number of carboxylic acids is 1. The average Bonchev–Trinajstić information content (AvgIpc) is 2.36. The number of benzene rings is 1. The van der Waals surface area contributed by atoms with Crippen molar-refractivity contribution in [1.29, 1.82) is 0 Å². The maximum Gasteiger partial charge on any atom is 0.310 e. The van der Waals surface area contributed by atoms with E-state index in [-0.39, 0.29) is 6.61 Å². The lowest BCUT2D eigenvalue weighted by atomic mass is 9.96. The summed E-state index contributed by atoms with van der Waals surface area (Å²) < 4.78 is 15.8. The van der Waals surface area contributed by atoms with E-state index in [1.165, 1.54) is 0 Å². The van der Waals surface area contributed by atoms with Crippen molar-refractivity contribution < 1.29 is 24.1 Å². The summed E-state index contributed by atoms with van der Waals surface area (Å²) in [5.74, 6) is 0.497. The Balaban J connectivity index is 2.39. The van der Waals surface area contributed by atoms with Gasteiger partial charge in [-0.3, -0.25) is 4.79 Å². The molecule has 1 N–H and O–H groups in total. The molecule has 1 aliphatic rings. The van der Waals surface area contributed by atoms with E-state index in [1.807, 2.05) is 0 Å². The molecule has 0 amide bonds. The van der Waals surface area contributed by atoms with Crippen molar-refractivity contribution in [3.8, 4) is 17.2 Å². The molecule has 0 fully saturated rings. The summed E-state index contributed by atoms with van der Waals surface area (Å²) in [5.41, 5.74) is 0.784. The fourth-order valence-electron chi connectivity index (χ4n) is 1.88. The molecule has 1 heterocycles. The summed E-state index contributed by atoms with van der Waals surface area (Å²) in [6.45, 7) is 0.179. The molecular formula is C12H14O5. The number of rotatable bonds is 3. The van der Waals surface area contributed by atoms with Gasteiger partial charge in [0.15, 0.2) is 0 Å². The molecule has 2 rings (SSSR count). The monoisotopic (exact) mass is 238 g/mol. The Hall–Kier alpha value is -1.91. The topological polar surface area (TPSA) is 65.0 Å². The molecule has 0 spiro atoms. The molecule has 0 saturated heterocycles. The van der Waals surface area contributed by atoms with Crippen molar-refractivity contribution in [1.82, 2.24) is 0 Å². The zero-order chi connectivity index (χ0) is 12.4. The number of fused-ring (bicyclic) bond motifs is 1. The van der Waals surface area contributed by atoms with E-state index in [4.69, 9.17) is 19.3 Å². The molecule has 5 heteroatoms. The number of ether oxygens (including phenoxy) is 3. The third-order valence-corrected chi connectivity index (χ3v) is 2.84. The molecule has 1 aliphatic heterocycles. The second kappa shape index (κ2) is 4.53. The van der Waals surface area contributed by atoms with E-state index in [1.54, 1.807) is 26.4 Å². The highest BCUT2D eigenvalue weighted by Crippen LogP contribution is 2.38. The highest BCUT2D eigenvalue weighted by molar-refractivity contribution is 5.72. The van der Waals surface area contributed by atoms with Gasteiger partial charge in [-0.2, -0.15) is 0 Å². The number of carboxylic acid groups (broad SMARTS) is 1. The lowest BCUT2D eigenvalue weighted by Crippen LogP contribution is -2.28. The first-order chi connectivity index (χ1) is 8.15. The van der Waals surface area contributed by atoms with Crippen LogP contribution in [0, 0.1) is 5.92 Å². The fourth-order valence-corrected chi connectivity index (χ4v) is 1.88. The highest BCUT2D eigenvalue weighted by Gasteiger charge is 2.28. The van der Waals surface area contributed by atoms with E-state index in [2.05, 4.69) is 0 Å². The maximum absolute atomic E-state index is 10.9. The van der Waals surface area contributed by atoms with Crippen LogP contribution in [0.25, 0.3) is 0 Å². The Morgan fingerprint density at radius 2 is 2.18 bits per heavy atom. The van der Waals surface area contributed by atoms with Crippen LogP contribution in [0.3, 0.4) is 0 Å². The van der Waals surface area contributed by atoms with Gasteiger partial charge in [0.05, 0.1) is 20.1 Å². The van der Waals surface area contributed by atoms with Crippen LogP contribution in [-0.4, -0.2) is 31.9 Å². The van der Waals surface area contributed by atoms with Crippen molar-refractivity contribution >= 4 is 5.97 Å². The van der Waals surface area contributed by atoms with Crippen molar-refractivity contribution in [2.75, 3.05) is 20.8 Å². The summed E-state index contributed by atoms with van der Waals surface area (Å²) in [5, 5.41) is 8.98. The summed E-state index contributed by atoms with van der Waals surface area (Å²) in [4.78, 5) is 10.9. The lowest BCUT2D eigenvalue weighted by molar-refractivity contribution is -0.143. The van der Waals surface area contributed by atoms with E-state index in [0.29, 0.717) is 23.7 Å². The van der Waals surface area contributed by atoms with Crippen LogP contribution < -0.4 is 14.2 Å². The second-order valence-corrected chi connectivity index (χ2v) is 3.86. The summed E-state index contributed by atoms with van der Waals surface area (Å²) in [6, 6.07) is 3.47. The van der Waals surface area contributed by atoms with E-state index in [0.717, 1.165) is 5.56 Å². The minimum absolute atomic E-state index is 0.179. The molecule has 0 aromatic heterocycles. The number of hydrogen-bond donors (Lipinski definition) is 1. The zero-order valence-electron chi connectivity index (χ0n) is 9.73. The standard InChI is InChI=1S/C12H14O5/c1-15-8-4-10(16-2)9-3-7(12(13)14)6-17-11(9)5-8/h4-5,7H,3,6H2,1-2H3,(H,13,14). The second-order valence-electron chi connectivity index (χ2n) is 3.86. The van der Waals surface area contributed by atoms with Crippen LogP contribution in [0.15, 0.2) is 12.1 Å². The van der Waals surface area contributed by atoms with Crippen LogP contribution in [0.4, 0.5) is 0 Å². The molecule has 0 bridgehead atoms. The molecule has 0 saturated carbocycles. The molecule has 17 heavy (non-hydrogen) atoms.